The Morgan fingerprint density at radius 1 is 1.54 bits per heavy atom. The highest BCUT2D eigenvalue weighted by atomic mass is 16.5. The van der Waals surface area contributed by atoms with E-state index in [1.54, 1.807) is 12.1 Å². The van der Waals surface area contributed by atoms with Crippen LogP contribution in [0.3, 0.4) is 0 Å². The standard InChI is InChI=1S/C11H14O2/c1-3-6-13-8-10-4-5-11(12)9(2)7-10/h3-5,7,12H,1,6,8H2,2H3. The molecule has 0 aliphatic carbocycles. The van der Waals surface area contributed by atoms with Crippen LogP contribution in [0.4, 0.5) is 0 Å². The Bertz CT molecular complexity index is 292. The molecule has 1 aromatic carbocycles. The maximum Gasteiger partial charge on any atom is 0.118 e. The van der Waals surface area contributed by atoms with Crippen molar-refractivity contribution in [1.82, 2.24) is 0 Å². The van der Waals surface area contributed by atoms with Crippen LogP contribution in [-0.4, -0.2) is 11.7 Å². The van der Waals surface area contributed by atoms with Gasteiger partial charge in [-0.3, -0.25) is 0 Å². The van der Waals surface area contributed by atoms with Crippen LogP contribution < -0.4 is 0 Å². The van der Waals surface area contributed by atoms with Crippen molar-refractivity contribution in [1.29, 1.82) is 0 Å². The molecule has 2 heteroatoms. The number of benzene rings is 1. The van der Waals surface area contributed by atoms with E-state index in [0.717, 1.165) is 11.1 Å². The summed E-state index contributed by atoms with van der Waals surface area (Å²) in [5, 5.41) is 9.26. The molecule has 1 aromatic rings. The van der Waals surface area contributed by atoms with Crippen LogP contribution >= 0.6 is 0 Å². The van der Waals surface area contributed by atoms with Gasteiger partial charge in [-0.05, 0) is 24.1 Å². The number of ether oxygens (including phenoxy) is 1. The highest BCUT2D eigenvalue weighted by Crippen LogP contribution is 2.17. The second kappa shape index (κ2) is 4.67. The minimum absolute atomic E-state index is 0.326. The van der Waals surface area contributed by atoms with Gasteiger partial charge < -0.3 is 9.84 Å². The highest BCUT2D eigenvalue weighted by molar-refractivity contribution is 5.34. The largest absolute Gasteiger partial charge is 0.508 e. The minimum Gasteiger partial charge on any atom is -0.508 e. The molecule has 0 spiro atoms. The van der Waals surface area contributed by atoms with E-state index < -0.39 is 0 Å². The van der Waals surface area contributed by atoms with Gasteiger partial charge in [0, 0.05) is 0 Å². The van der Waals surface area contributed by atoms with Gasteiger partial charge in [0.25, 0.3) is 0 Å². The van der Waals surface area contributed by atoms with E-state index >= 15 is 0 Å². The fraction of sp³-hybridized carbons (Fsp3) is 0.273. The molecule has 1 rings (SSSR count). The van der Waals surface area contributed by atoms with E-state index in [9.17, 15) is 5.11 Å². The van der Waals surface area contributed by atoms with Gasteiger partial charge in [0.15, 0.2) is 0 Å². The van der Waals surface area contributed by atoms with Crippen LogP contribution in [0.15, 0.2) is 30.9 Å². The van der Waals surface area contributed by atoms with Gasteiger partial charge in [-0.25, -0.2) is 0 Å². The molecule has 70 valence electrons. The quantitative estimate of drug-likeness (QED) is 0.566. The molecule has 1 N–H and O–H groups in total. The summed E-state index contributed by atoms with van der Waals surface area (Å²) in [6.45, 7) is 6.54. The molecule has 0 atom stereocenters. The summed E-state index contributed by atoms with van der Waals surface area (Å²) in [5.74, 6) is 0.326. The predicted molar refractivity (Wildman–Crippen MR) is 52.7 cm³/mol. The van der Waals surface area contributed by atoms with Gasteiger partial charge >= 0.3 is 0 Å². The number of hydrogen-bond acceptors (Lipinski definition) is 2. The lowest BCUT2D eigenvalue weighted by molar-refractivity contribution is 0.149. The molecular weight excluding hydrogens is 164 g/mol. The number of aryl methyl sites for hydroxylation is 1. The first-order chi connectivity index (χ1) is 6.24. The maximum absolute atomic E-state index is 9.26. The maximum atomic E-state index is 9.26. The van der Waals surface area contributed by atoms with Crippen LogP contribution in [0.5, 0.6) is 5.75 Å². The van der Waals surface area contributed by atoms with Crippen LogP contribution in [0.1, 0.15) is 11.1 Å². The second-order valence-corrected chi connectivity index (χ2v) is 2.92. The average molecular weight is 178 g/mol. The Morgan fingerprint density at radius 3 is 2.92 bits per heavy atom. The lowest BCUT2D eigenvalue weighted by atomic mass is 10.1. The smallest absolute Gasteiger partial charge is 0.118 e. The first-order valence-corrected chi connectivity index (χ1v) is 4.21. The summed E-state index contributed by atoms with van der Waals surface area (Å²) in [6, 6.07) is 5.45. The predicted octanol–water partition coefficient (Wildman–Crippen LogP) is 2.40. The molecule has 0 unspecified atom stereocenters. The molecular formula is C11H14O2. The SMILES string of the molecule is C=CCOCc1ccc(O)c(C)c1. The Morgan fingerprint density at radius 2 is 2.31 bits per heavy atom. The summed E-state index contributed by atoms with van der Waals surface area (Å²) >= 11 is 0. The van der Waals surface area contributed by atoms with E-state index in [1.807, 2.05) is 19.1 Å². The van der Waals surface area contributed by atoms with Crippen molar-refractivity contribution in [2.24, 2.45) is 0 Å². The Balaban J connectivity index is 2.57. The van der Waals surface area contributed by atoms with E-state index in [4.69, 9.17) is 4.74 Å². The summed E-state index contributed by atoms with van der Waals surface area (Å²) < 4.78 is 5.26. The van der Waals surface area contributed by atoms with Gasteiger partial charge in [-0.2, -0.15) is 0 Å². The summed E-state index contributed by atoms with van der Waals surface area (Å²) in [6.07, 6.45) is 1.72. The molecule has 0 heterocycles. The number of rotatable bonds is 4. The molecule has 0 amide bonds. The average Bonchev–Trinajstić information content (AvgIpc) is 2.12. The van der Waals surface area contributed by atoms with Crippen molar-refractivity contribution < 1.29 is 9.84 Å². The number of hydrogen-bond donors (Lipinski definition) is 1. The van der Waals surface area contributed by atoms with E-state index in [2.05, 4.69) is 6.58 Å². The monoisotopic (exact) mass is 178 g/mol. The molecule has 2 nitrogen and oxygen atoms in total. The van der Waals surface area contributed by atoms with Crippen molar-refractivity contribution in [3.63, 3.8) is 0 Å². The molecule has 0 radical (unpaired) electrons. The third-order valence-electron chi connectivity index (χ3n) is 1.77. The Kier molecular flexibility index (Phi) is 3.53. The van der Waals surface area contributed by atoms with Crippen LogP contribution in [0.25, 0.3) is 0 Å². The molecule has 0 saturated heterocycles. The molecule has 13 heavy (non-hydrogen) atoms. The lowest BCUT2D eigenvalue weighted by Crippen LogP contribution is -1.92. The number of phenolic OH excluding ortho intramolecular Hbond substituents is 1. The molecule has 0 aliphatic heterocycles. The Labute approximate surface area is 78.5 Å². The fourth-order valence-corrected chi connectivity index (χ4v) is 1.07. The lowest BCUT2D eigenvalue weighted by Gasteiger charge is -2.04. The normalized spacial score (nSPS) is 9.92. The molecule has 0 fully saturated rings. The molecule has 0 aromatic heterocycles. The zero-order valence-corrected chi connectivity index (χ0v) is 7.79. The van der Waals surface area contributed by atoms with Crippen LogP contribution in [0, 0.1) is 6.92 Å². The van der Waals surface area contributed by atoms with Crippen molar-refractivity contribution in [2.45, 2.75) is 13.5 Å². The Hall–Kier alpha value is -1.28. The molecule has 0 bridgehead atoms. The summed E-state index contributed by atoms with van der Waals surface area (Å²) in [4.78, 5) is 0. The van der Waals surface area contributed by atoms with Crippen LogP contribution in [0.2, 0.25) is 0 Å². The zero-order valence-electron chi connectivity index (χ0n) is 7.79. The number of phenols is 1. The van der Waals surface area contributed by atoms with Gasteiger partial charge in [0.1, 0.15) is 5.75 Å². The molecule has 0 saturated carbocycles. The number of aromatic hydroxyl groups is 1. The second-order valence-electron chi connectivity index (χ2n) is 2.92. The van der Waals surface area contributed by atoms with E-state index in [0.29, 0.717) is 19.0 Å². The zero-order chi connectivity index (χ0) is 9.68. The summed E-state index contributed by atoms with van der Waals surface area (Å²) in [5.41, 5.74) is 1.94. The fourth-order valence-electron chi connectivity index (χ4n) is 1.07. The van der Waals surface area contributed by atoms with Crippen LogP contribution in [-0.2, 0) is 11.3 Å². The summed E-state index contributed by atoms with van der Waals surface area (Å²) in [7, 11) is 0. The van der Waals surface area contributed by atoms with Gasteiger partial charge in [0.2, 0.25) is 0 Å². The topological polar surface area (TPSA) is 29.5 Å². The van der Waals surface area contributed by atoms with E-state index in [1.165, 1.54) is 0 Å². The molecule has 0 aliphatic rings. The van der Waals surface area contributed by atoms with Crippen molar-refractivity contribution in [2.75, 3.05) is 6.61 Å². The van der Waals surface area contributed by atoms with Gasteiger partial charge in [0.05, 0.1) is 13.2 Å². The van der Waals surface area contributed by atoms with Gasteiger partial charge in [-0.15, -0.1) is 6.58 Å². The highest BCUT2D eigenvalue weighted by Gasteiger charge is 1.97. The van der Waals surface area contributed by atoms with E-state index in [-0.39, 0.29) is 0 Å². The van der Waals surface area contributed by atoms with Crippen molar-refractivity contribution >= 4 is 0 Å². The third kappa shape index (κ3) is 2.92. The third-order valence-corrected chi connectivity index (χ3v) is 1.77. The first kappa shape index (κ1) is 9.81. The van der Waals surface area contributed by atoms with Gasteiger partial charge in [-0.1, -0.05) is 18.2 Å². The minimum atomic E-state index is 0.326. The van der Waals surface area contributed by atoms with Crippen molar-refractivity contribution in [3.05, 3.63) is 42.0 Å². The first-order valence-electron chi connectivity index (χ1n) is 4.21. The van der Waals surface area contributed by atoms with Crippen molar-refractivity contribution in [3.8, 4) is 5.75 Å².